The highest BCUT2D eigenvalue weighted by Gasteiger charge is 2.01. The highest BCUT2D eigenvalue weighted by atomic mass is 16.2. The number of rotatable bonds is 16. The van der Waals surface area contributed by atoms with Crippen LogP contribution in [0.1, 0.15) is 102 Å². The number of hydrogen-bond donors (Lipinski definition) is 1. The molecule has 147 valence electrons. The summed E-state index contributed by atoms with van der Waals surface area (Å²) in [6, 6.07) is 7.20. The van der Waals surface area contributed by atoms with Gasteiger partial charge in [0.2, 0.25) is 0 Å². The van der Waals surface area contributed by atoms with Crippen LogP contribution in [0.3, 0.4) is 0 Å². The van der Waals surface area contributed by atoms with Crippen LogP contribution in [0.4, 0.5) is 10.5 Å². The van der Waals surface area contributed by atoms with E-state index in [1.54, 1.807) is 0 Å². The lowest BCUT2D eigenvalue weighted by Crippen LogP contribution is -2.18. The highest BCUT2D eigenvalue weighted by Crippen LogP contribution is 2.16. The van der Waals surface area contributed by atoms with Gasteiger partial charge in [0.05, 0.1) is 5.69 Å². The molecule has 0 aromatic heterocycles. The van der Waals surface area contributed by atoms with Gasteiger partial charge in [0.15, 0.2) is 0 Å². The number of amides is 2. The van der Waals surface area contributed by atoms with Crippen LogP contribution in [0.5, 0.6) is 0 Å². The lowest BCUT2D eigenvalue weighted by molar-refractivity contribution is 0.252. The first-order valence-electron chi connectivity index (χ1n) is 10.8. The monoisotopic (exact) mass is 359 g/mol. The smallest absolute Gasteiger partial charge is 0.338 e. The van der Waals surface area contributed by atoms with Crippen molar-refractivity contribution in [2.24, 2.45) is 5.73 Å². The van der Waals surface area contributed by atoms with Crippen molar-refractivity contribution in [3.63, 3.8) is 0 Å². The molecule has 0 aliphatic carbocycles. The number of nitrogens with zero attached hydrogens (tertiary/aromatic N) is 1. The number of primary amides is 1. The maximum absolute atomic E-state index is 10.8. The number of unbranched alkanes of at least 4 members (excludes halogenated alkanes) is 13. The van der Waals surface area contributed by atoms with Crippen LogP contribution in [0.25, 0.3) is 0 Å². The van der Waals surface area contributed by atoms with Gasteiger partial charge in [-0.1, -0.05) is 103 Å². The highest BCUT2D eigenvalue weighted by molar-refractivity contribution is 5.77. The van der Waals surface area contributed by atoms with E-state index in [2.05, 4.69) is 18.3 Å². The third-order valence-corrected chi connectivity index (χ3v) is 4.97. The summed E-state index contributed by atoms with van der Waals surface area (Å²) in [5.41, 5.74) is 7.01. The van der Waals surface area contributed by atoms with Gasteiger partial charge < -0.3 is 5.73 Å². The van der Waals surface area contributed by atoms with Gasteiger partial charge in [-0.25, -0.2) is 4.79 Å². The Labute approximate surface area is 161 Å². The molecule has 0 aliphatic rings. The molecule has 1 rings (SSSR count). The standard InChI is InChI=1S/C23H39N2O/c1-2-3-4-5-6-7-8-9-10-11-12-13-14-15-17-21-18-16-19-22(20-21)25-23(24)26/h16,18-20H,2-15,17H2,1H3,(H2,24,26). The average Bonchev–Trinajstić information content (AvgIpc) is 2.62. The van der Waals surface area contributed by atoms with Gasteiger partial charge in [0.25, 0.3) is 0 Å². The first kappa shape index (κ1) is 22.5. The fraction of sp³-hybridized carbons (Fsp3) is 0.696. The quantitative estimate of drug-likeness (QED) is 0.317. The number of carbonyl (C=O) groups excluding carboxylic acids is 1. The topological polar surface area (TPSA) is 57.2 Å². The predicted molar refractivity (Wildman–Crippen MR) is 112 cm³/mol. The molecule has 0 saturated carbocycles. The molecule has 0 heterocycles. The largest absolute Gasteiger partial charge is 0.350 e. The number of aryl methyl sites for hydroxylation is 1. The molecule has 0 aliphatic heterocycles. The van der Waals surface area contributed by atoms with Crippen LogP contribution >= 0.6 is 0 Å². The van der Waals surface area contributed by atoms with E-state index < -0.39 is 6.03 Å². The molecule has 1 aromatic carbocycles. The van der Waals surface area contributed by atoms with Crippen molar-refractivity contribution in [1.29, 1.82) is 0 Å². The maximum Gasteiger partial charge on any atom is 0.338 e. The third kappa shape index (κ3) is 12.8. The molecule has 0 fully saturated rings. The van der Waals surface area contributed by atoms with E-state index >= 15 is 0 Å². The van der Waals surface area contributed by atoms with Crippen molar-refractivity contribution in [3.8, 4) is 0 Å². The van der Waals surface area contributed by atoms with Crippen LogP contribution in [0, 0.1) is 0 Å². The van der Waals surface area contributed by atoms with E-state index in [0.717, 1.165) is 6.42 Å². The number of nitrogens with two attached hydrogens (primary N) is 1. The molecule has 26 heavy (non-hydrogen) atoms. The average molecular weight is 360 g/mol. The minimum absolute atomic E-state index is 0.626. The summed E-state index contributed by atoms with van der Waals surface area (Å²) < 4.78 is 0. The molecular formula is C23H39N2O. The van der Waals surface area contributed by atoms with Crippen LogP contribution in [0.15, 0.2) is 24.3 Å². The van der Waals surface area contributed by atoms with E-state index in [1.807, 2.05) is 18.2 Å². The third-order valence-electron chi connectivity index (χ3n) is 4.97. The summed E-state index contributed by atoms with van der Waals surface area (Å²) in [6.45, 7) is 2.28. The van der Waals surface area contributed by atoms with Gasteiger partial charge in [-0.3, -0.25) is 0 Å². The molecule has 2 amide bonds. The molecule has 0 saturated heterocycles. The van der Waals surface area contributed by atoms with Crippen LogP contribution in [-0.4, -0.2) is 6.03 Å². The van der Waals surface area contributed by atoms with Crippen molar-refractivity contribution >= 4 is 11.7 Å². The Balaban J connectivity index is 1.90. The van der Waals surface area contributed by atoms with Gasteiger partial charge in [0, 0.05) is 0 Å². The Bertz CT molecular complexity index is 473. The maximum atomic E-state index is 10.8. The molecule has 0 bridgehead atoms. The van der Waals surface area contributed by atoms with Gasteiger partial charge >= 0.3 is 6.03 Å². The molecule has 0 unspecified atom stereocenters. The summed E-state index contributed by atoms with van der Waals surface area (Å²) in [4.78, 5) is 10.8. The Morgan fingerprint density at radius 2 is 1.31 bits per heavy atom. The summed E-state index contributed by atoms with van der Waals surface area (Å²) in [5.74, 6) is 0. The van der Waals surface area contributed by atoms with Crippen molar-refractivity contribution < 1.29 is 4.79 Å². The second-order valence-corrected chi connectivity index (χ2v) is 7.47. The lowest BCUT2D eigenvalue weighted by Gasteiger charge is -2.05. The van der Waals surface area contributed by atoms with Crippen molar-refractivity contribution in [3.05, 3.63) is 29.8 Å². The predicted octanol–water partition coefficient (Wildman–Crippen LogP) is 7.03. The molecular weight excluding hydrogens is 320 g/mol. The molecule has 2 N–H and O–H groups in total. The minimum atomic E-state index is -0.626. The van der Waals surface area contributed by atoms with Gasteiger partial charge in [-0.2, -0.15) is 5.32 Å². The normalized spacial score (nSPS) is 10.8. The second-order valence-electron chi connectivity index (χ2n) is 7.47. The molecule has 3 heteroatoms. The number of hydrogen-bond acceptors (Lipinski definition) is 1. The zero-order chi connectivity index (χ0) is 18.9. The summed E-state index contributed by atoms with van der Waals surface area (Å²) in [6.07, 6.45) is 20.4. The van der Waals surface area contributed by atoms with Gasteiger partial charge in [-0.05, 0) is 30.5 Å². The zero-order valence-corrected chi connectivity index (χ0v) is 16.8. The van der Waals surface area contributed by atoms with Crippen molar-refractivity contribution in [1.82, 2.24) is 5.32 Å². The zero-order valence-electron chi connectivity index (χ0n) is 16.8. The van der Waals surface area contributed by atoms with Gasteiger partial charge in [-0.15, -0.1) is 0 Å². The van der Waals surface area contributed by atoms with E-state index in [1.165, 1.54) is 95.5 Å². The Morgan fingerprint density at radius 1 is 0.808 bits per heavy atom. The van der Waals surface area contributed by atoms with E-state index in [9.17, 15) is 4.79 Å². The molecule has 0 spiro atoms. The van der Waals surface area contributed by atoms with E-state index in [-0.39, 0.29) is 0 Å². The number of urea groups is 1. The van der Waals surface area contributed by atoms with Crippen molar-refractivity contribution in [2.75, 3.05) is 0 Å². The van der Waals surface area contributed by atoms with Crippen LogP contribution in [0.2, 0.25) is 0 Å². The minimum Gasteiger partial charge on any atom is -0.350 e. The number of carbonyl (C=O) groups is 1. The van der Waals surface area contributed by atoms with Gasteiger partial charge in [0.1, 0.15) is 0 Å². The molecule has 1 aromatic rings. The first-order chi connectivity index (χ1) is 12.7. The van der Waals surface area contributed by atoms with Crippen LogP contribution < -0.4 is 11.1 Å². The Kier molecular flexibility index (Phi) is 13.6. The fourth-order valence-electron chi connectivity index (χ4n) is 3.43. The first-order valence-corrected chi connectivity index (χ1v) is 10.8. The second kappa shape index (κ2) is 15.7. The molecule has 1 radical (unpaired) electrons. The number of benzene rings is 1. The molecule has 3 nitrogen and oxygen atoms in total. The Hall–Kier alpha value is -1.51. The SMILES string of the molecule is CCCCCCCCCCCCCCCCc1cccc([N]C(N)=O)c1. The van der Waals surface area contributed by atoms with E-state index in [4.69, 9.17) is 5.73 Å². The van der Waals surface area contributed by atoms with Crippen molar-refractivity contribution in [2.45, 2.75) is 103 Å². The summed E-state index contributed by atoms with van der Waals surface area (Å²) in [7, 11) is 0. The fourth-order valence-corrected chi connectivity index (χ4v) is 3.43. The lowest BCUT2D eigenvalue weighted by atomic mass is 10.0. The summed E-state index contributed by atoms with van der Waals surface area (Å²) >= 11 is 0. The van der Waals surface area contributed by atoms with Crippen LogP contribution in [-0.2, 0) is 6.42 Å². The molecule has 0 atom stereocenters. The van der Waals surface area contributed by atoms with E-state index in [0.29, 0.717) is 5.69 Å². The summed E-state index contributed by atoms with van der Waals surface area (Å²) in [5, 5.41) is 3.78. The Morgan fingerprint density at radius 3 is 1.81 bits per heavy atom.